The molecule has 2 aromatic carbocycles. The lowest BCUT2D eigenvalue weighted by molar-refractivity contribution is -0.144. The molecule has 0 unspecified atom stereocenters. The van der Waals surface area contributed by atoms with Gasteiger partial charge in [-0.25, -0.2) is 5.01 Å². The number of likely N-dealkylation sites (N-methyl/N-ethyl adjacent to an activating group) is 1. The van der Waals surface area contributed by atoms with Crippen molar-refractivity contribution < 1.29 is 9.59 Å². The monoisotopic (exact) mass is 364 g/mol. The summed E-state index contributed by atoms with van der Waals surface area (Å²) >= 11 is 0. The number of rotatable bonds is 4. The fourth-order valence-electron chi connectivity index (χ4n) is 3.74. The van der Waals surface area contributed by atoms with Crippen LogP contribution in [0, 0.1) is 0 Å². The minimum Gasteiger partial charge on any atom is -0.376 e. The molecule has 0 atom stereocenters. The topological polar surface area (TPSA) is 55.9 Å². The average Bonchev–Trinajstić information content (AvgIpc) is 3.12. The van der Waals surface area contributed by atoms with Gasteiger partial charge in [0.1, 0.15) is 0 Å². The third-order valence-electron chi connectivity index (χ3n) is 5.48. The van der Waals surface area contributed by atoms with E-state index in [1.165, 1.54) is 11.1 Å². The third kappa shape index (κ3) is 3.40. The Bertz CT molecular complexity index is 871. The van der Waals surface area contributed by atoms with Crippen LogP contribution >= 0.6 is 0 Å². The second-order valence-corrected chi connectivity index (χ2v) is 7.16. The molecule has 2 heterocycles. The lowest BCUT2D eigenvalue weighted by Crippen LogP contribution is -2.43. The van der Waals surface area contributed by atoms with Crippen LogP contribution in [0.4, 0.5) is 11.4 Å². The smallest absolute Gasteiger partial charge is 0.255 e. The number of anilines is 2. The van der Waals surface area contributed by atoms with E-state index in [9.17, 15) is 9.59 Å². The van der Waals surface area contributed by atoms with Gasteiger partial charge in [0.2, 0.25) is 5.91 Å². The van der Waals surface area contributed by atoms with E-state index in [0.717, 1.165) is 36.4 Å². The van der Waals surface area contributed by atoms with Gasteiger partial charge in [0, 0.05) is 45.0 Å². The second kappa shape index (κ2) is 7.04. The minimum absolute atomic E-state index is 0.0211. The largest absolute Gasteiger partial charge is 0.376 e. The van der Waals surface area contributed by atoms with Crippen LogP contribution in [0.2, 0.25) is 0 Å². The SMILES string of the molecule is CN1C(=O)CCc2cc(NCC(=O)N(C)N3Cc4ccccc4C3)ccc21. The van der Waals surface area contributed by atoms with Gasteiger partial charge in [-0.05, 0) is 41.3 Å². The van der Waals surface area contributed by atoms with Crippen molar-refractivity contribution in [3.8, 4) is 0 Å². The van der Waals surface area contributed by atoms with Gasteiger partial charge < -0.3 is 10.2 Å². The highest BCUT2D eigenvalue weighted by Gasteiger charge is 2.25. The number of hydrogen-bond acceptors (Lipinski definition) is 4. The zero-order valence-corrected chi connectivity index (χ0v) is 15.7. The Hall–Kier alpha value is -2.86. The number of carbonyl (C=O) groups excluding carboxylic acids is 2. The Morgan fingerprint density at radius 1 is 1.07 bits per heavy atom. The molecule has 2 aliphatic rings. The molecule has 0 saturated heterocycles. The molecular weight excluding hydrogens is 340 g/mol. The van der Waals surface area contributed by atoms with Gasteiger partial charge in [-0.3, -0.25) is 14.6 Å². The van der Waals surface area contributed by atoms with Gasteiger partial charge in [-0.2, -0.15) is 0 Å². The van der Waals surface area contributed by atoms with Gasteiger partial charge in [0.25, 0.3) is 5.91 Å². The van der Waals surface area contributed by atoms with Gasteiger partial charge >= 0.3 is 0 Å². The summed E-state index contributed by atoms with van der Waals surface area (Å²) in [5.41, 5.74) is 5.55. The number of nitrogens with zero attached hydrogens (tertiary/aromatic N) is 3. The van der Waals surface area contributed by atoms with Gasteiger partial charge in [0.15, 0.2) is 0 Å². The van der Waals surface area contributed by atoms with E-state index < -0.39 is 0 Å². The Balaban J connectivity index is 1.36. The molecule has 2 aromatic rings. The molecule has 0 bridgehead atoms. The predicted octanol–water partition coefficient (Wildman–Crippen LogP) is 2.40. The van der Waals surface area contributed by atoms with Crippen LogP contribution < -0.4 is 10.2 Å². The van der Waals surface area contributed by atoms with Crippen molar-refractivity contribution in [2.45, 2.75) is 25.9 Å². The van der Waals surface area contributed by atoms with Crippen LogP contribution in [-0.2, 0) is 29.1 Å². The van der Waals surface area contributed by atoms with Crippen LogP contribution in [0.3, 0.4) is 0 Å². The Kier molecular flexibility index (Phi) is 4.58. The summed E-state index contributed by atoms with van der Waals surface area (Å²) in [6.07, 6.45) is 1.28. The fourth-order valence-corrected chi connectivity index (χ4v) is 3.74. The average molecular weight is 364 g/mol. The molecule has 0 spiro atoms. The maximum absolute atomic E-state index is 12.6. The molecule has 2 amide bonds. The lowest BCUT2D eigenvalue weighted by atomic mass is 10.0. The number of carbonyl (C=O) groups is 2. The molecule has 0 aromatic heterocycles. The van der Waals surface area contributed by atoms with Crippen molar-refractivity contribution in [1.82, 2.24) is 10.0 Å². The molecule has 0 saturated carbocycles. The summed E-state index contributed by atoms with van der Waals surface area (Å²) in [6, 6.07) is 14.2. The van der Waals surface area contributed by atoms with Gasteiger partial charge in [0.05, 0.1) is 6.54 Å². The molecular formula is C21H24N4O2. The minimum atomic E-state index is 0.0211. The van der Waals surface area contributed by atoms with Crippen molar-refractivity contribution >= 4 is 23.2 Å². The highest BCUT2D eigenvalue weighted by atomic mass is 16.2. The molecule has 6 nitrogen and oxygen atoms in total. The van der Waals surface area contributed by atoms with Crippen molar-refractivity contribution in [1.29, 1.82) is 0 Å². The van der Waals surface area contributed by atoms with Crippen molar-refractivity contribution in [2.24, 2.45) is 0 Å². The fraction of sp³-hybridized carbons (Fsp3) is 0.333. The molecule has 0 aliphatic carbocycles. The summed E-state index contributed by atoms with van der Waals surface area (Å²) in [5, 5.41) is 6.99. The van der Waals surface area contributed by atoms with E-state index in [-0.39, 0.29) is 18.4 Å². The van der Waals surface area contributed by atoms with Gasteiger partial charge in [-0.1, -0.05) is 24.3 Å². The summed E-state index contributed by atoms with van der Waals surface area (Å²) in [7, 11) is 3.63. The highest BCUT2D eigenvalue weighted by Crippen LogP contribution is 2.29. The van der Waals surface area contributed by atoms with Crippen molar-refractivity contribution in [3.63, 3.8) is 0 Å². The summed E-state index contributed by atoms with van der Waals surface area (Å²) in [5.74, 6) is 0.166. The maximum Gasteiger partial charge on any atom is 0.255 e. The first-order valence-electron chi connectivity index (χ1n) is 9.24. The first kappa shape index (κ1) is 17.5. The van der Waals surface area contributed by atoms with Crippen LogP contribution in [0.5, 0.6) is 0 Å². The summed E-state index contributed by atoms with van der Waals surface area (Å²) in [4.78, 5) is 26.1. The van der Waals surface area contributed by atoms with Crippen LogP contribution in [-0.4, -0.2) is 42.5 Å². The number of benzene rings is 2. The van der Waals surface area contributed by atoms with Crippen LogP contribution in [0.15, 0.2) is 42.5 Å². The third-order valence-corrected chi connectivity index (χ3v) is 5.48. The number of aryl methyl sites for hydroxylation is 1. The molecule has 0 fully saturated rings. The van der Waals surface area contributed by atoms with E-state index >= 15 is 0 Å². The number of hydrogen-bond donors (Lipinski definition) is 1. The molecule has 140 valence electrons. The Labute approximate surface area is 159 Å². The Morgan fingerprint density at radius 2 is 1.78 bits per heavy atom. The first-order chi connectivity index (χ1) is 13.0. The first-order valence-corrected chi connectivity index (χ1v) is 9.24. The van der Waals surface area contributed by atoms with E-state index in [1.54, 1.807) is 17.0 Å². The second-order valence-electron chi connectivity index (χ2n) is 7.16. The summed E-state index contributed by atoms with van der Waals surface area (Å²) in [6.45, 7) is 1.76. The van der Waals surface area contributed by atoms with E-state index in [4.69, 9.17) is 0 Å². The molecule has 4 rings (SSSR count). The van der Waals surface area contributed by atoms with Gasteiger partial charge in [-0.15, -0.1) is 0 Å². The standard InChI is InChI=1S/C21H24N4O2/c1-23-19-9-8-18(11-15(19)7-10-20(23)26)22-12-21(27)24(2)25-13-16-5-3-4-6-17(16)14-25/h3-6,8-9,11,22H,7,10,12-14H2,1-2H3. The van der Waals surface area contributed by atoms with Crippen LogP contribution in [0.1, 0.15) is 23.1 Å². The quantitative estimate of drug-likeness (QED) is 0.905. The zero-order valence-electron chi connectivity index (χ0n) is 15.7. The zero-order chi connectivity index (χ0) is 19.0. The van der Waals surface area contributed by atoms with E-state index in [2.05, 4.69) is 22.5 Å². The van der Waals surface area contributed by atoms with Crippen LogP contribution in [0.25, 0.3) is 0 Å². The maximum atomic E-state index is 12.6. The molecule has 6 heteroatoms. The molecule has 0 radical (unpaired) electrons. The highest BCUT2D eigenvalue weighted by molar-refractivity contribution is 5.96. The predicted molar refractivity (Wildman–Crippen MR) is 105 cm³/mol. The van der Waals surface area contributed by atoms with E-state index in [1.807, 2.05) is 37.4 Å². The Morgan fingerprint density at radius 3 is 2.48 bits per heavy atom. The van der Waals surface area contributed by atoms with Crippen molar-refractivity contribution in [3.05, 3.63) is 59.2 Å². The normalized spacial score (nSPS) is 16.1. The number of amides is 2. The lowest BCUT2D eigenvalue weighted by Gasteiger charge is -2.28. The summed E-state index contributed by atoms with van der Waals surface area (Å²) < 4.78 is 0. The molecule has 27 heavy (non-hydrogen) atoms. The molecule has 2 aliphatic heterocycles. The van der Waals surface area contributed by atoms with E-state index in [0.29, 0.717) is 6.42 Å². The molecule has 1 N–H and O–H groups in total. The van der Waals surface area contributed by atoms with Crippen molar-refractivity contribution in [2.75, 3.05) is 30.9 Å². The number of nitrogens with one attached hydrogen (secondary N) is 1. The number of fused-ring (bicyclic) bond motifs is 2. The number of hydrazine groups is 1.